The molecule has 31 heavy (non-hydrogen) atoms. The third kappa shape index (κ3) is 4.31. The normalized spacial score (nSPS) is 22.4. The lowest BCUT2D eigenvalue weighted by Crippen LogP contribution is -2.47. The third-order valence-electron chi connectivity index (χ3n) is 6.58. The largest absolute Gasteiger partial charge is 0.495 e. The van der Waals surface area contributed by atoms with Gasteiger partial charge in [-0.25, -0.2) is 5.43 Å². The van der Waals surface area contributed by atoms with Crippen LogP contribution < -0.4 is 20.5 Å². The Kier molecular flexibility index (Phi) is 5.91. The molecule has 0 saturated carbocycles. The number of para-hydroxylation sites is 2. The number of hydrogen-bond donors (Lipinski definition) is 2. The molecule has 0 amide bonds. The summed E-state index contributed by atoms with van der Waals surface area (Å²) in [5.41, 5.74) is 12.3. The first-order valence-electron chi connectivity index (χ1n) is 11.3. The molecule has 162 valence electrons. The maximum atomic E-state index is 5.52. The van der Waals surface area contributed by atoms with E-state index >= 15 is 0 Å². The predicted molar refractivity (Wildman–Crippen MR) is 126 cm³/mol. The number of hydrazine groups is 1. The number of rotatable bonds is 5. The molecule has 3 aliphatic rings. The topological polar surface area (TPSA) is 52.1 Å². The monoisotopic (exact) mass is 417 g/mol. The molecule has 6 heteroatoms. The summed E-state index contributed by atoms with van der Waals surface area (Å²) in [6.45, 7) is 5.93. The molecule has 2 aromatic rings. The van der Waals surface area contributed by atoms with E-state index in [1.54, 1.807) is 7.11 Å². The van der Waals surface area contributed by atoms with Gasteiger partial charge >= 0.3 is 0 Å². The van der Waals surface area contributed by atoms with Crippen LogP contribution in [0.2, 0.25) is 0 Å². The van der Waals surface area contributed by atoms with Gasteiger partial charge in [0.1, 0.15) is 11.6 Å². The fraction of sp³-hybridized carbons (Fsp3) is 0.400. The van der Waals surface area contributed by atoms with Crippen molar-refractivity contribution in [2.45, 2.75) is 18.9 Å². The first-order valence-corrected chi connectivity index (χ1v) is 11.3. The highest BCUT2D eigenvalue weighted by Crippen LogP contribution is 2.34. The molecule has 1 saturated heterocycles. The molecule has 2 heterocycles. The lowest BCUT2D eigenvalue weighted by atomic mass is 9.83. The van der Waals surface area contributed by atoms with Gasteiger partial charge in [0.25, 0.3) is 0 Å². The van der Waals surface area contributed by atoms with Crippen molar-refractivity contribution in [1.29, 1.82) is 0 Å². The quantitative estimate of drug-likeness (QED) is 0.784. The zero-order chi connectivity index (χ0) is 21.0. The van der Waals surface area contributed by atoms with E-state index in [-0.39, 0.29) is 6.04 Å². The smallest absolute Gasteiger partial charge is 0.142 e. The van der Waals surface area contributed by atoms with Gasteiger partial charge in [0, 0.05) is 32.7 Å². The SMILES string of the molecule is COc1ccccc1N1CCN(CCN=C2C=C3CCc4ccccc4C3NN2)CC1. The second kappa shape index (κ2) is 9.12. The number of nitrogens with one attached hydrogen (secondary N) is 2. The van der Waals surface area contributed by atoms with Crippen molar-refractivity contribution in [1.82, 2.24) is 15.8 Å². The third-order valence-corrected chi connectivity index (χ3v) is 6.58. The zero-order valence-electron chi connectivity index (χ0n) is 18.2. The van der Waals surface area contributed by atoms with E-state index in [0.717, 1.165) is 63.7 Å². The van der Waals surface area contributed by atoms with Crippen LogP contribution in [0.5, 0.6) is 5.75 Å². The Morgan fingerprint density at radius 2 is 1.81 bits per heavy atom. The number of benzene rings is 2. The molecule has 1 atom stereocenters. The fourth-order valence-corrected chi connectivity index (χ4v) is 4.85. The number of fused-ring (bicyclic) bond motifs is 3. The van der Waals surface area contributed by atoms with Gasteiger partial charge in [-0.1, -0.05) is 36.4 Å². The minimum absolute atomic E-state index is 0.270. The highest BCUT2D eigenvalue weighted by atomic mass is 16.5. The predicted octanol–water partition coefficient (Wildman–Crippen LogP) is 2.94. The summed E-state index contributed by atoms with van der Waals surface area (Å²) in [5.74, 6) is 1.91. The van der Waals surface area contributed by atoms with Crippen LogP contribution in [0.25, 0.3) is 0 Å². The number of hydrogen-bond acceptors (Lipinski definition) is 5. The van der Waals surface area contributed by atoms with E-state index in [1.807, 2.05) is 12.1 Å². The molecule has 0 radical (unpaired) electrons. The number of amidine groups is 1. The van der Waals surface area contributed by atoms with E-state index in [2.05, 4.69) is 63.1 Å². The van der Waals surface area contributed by atoms with Crippen LogP contribution in [0, 0.1) is 0 Å². The van der Waals surface area contributed by atoms with Crippen molar-refractivity contribution in [3.63, 3.8) is 0 Å². The number of nitrogens with zero attached hydrogens (tertiary/aromatic N) is 3. The number of piperazine rings is 1. The van der Waals surface area contributed by atoms with Gasteiger partial charge in [-0.3, -0.25) is 9.89 Å². The van der Waals surface area contributed by atoms with Crippen molar-refractivity contribution < 1.29 is 4.74 Å². The Bertz CT molecular complexity index is 977. The first kappa shape index (κ1) is 20.1. The Hall–Kier alpha value is -2.83. The molecule has 2 aromatic carbocycles. The Labute approximate surface area is 184 Å². The number of aryl methyl sites for hydroxylation is 1. The second-order valence-electron chi connectivity index (χ2n) is 8.39. The molecule has 1 unspecified atom stereocenters. The van der Waals surface area contributed by atoms with Crippen LogP contribution in [0.3, 0.4) is 0 Å². The fourth-order valence-electron chi connectivity index (χ4n) is 4.85. The zero-order valence-corrected chi connectivity index (χ0v) is 18.2. The molecule has 0 spiro atoms. The summed E-state index contributed by atoms with van der Waals surface area (Å²) < 4.78 is 5.52. The van der Waals surface area contributed by atoms with E-state index < -0.39 is 0 Å². The molecule has 6 nitrogen and oxygen atoms in total. The highest BCUT2D eigenvalue weighted by Gasteiger charge is 2.27. The molecule has 0 aromatic heterocycles. The van der Waals surface area contributed by atoms with Crippen LogP contribution in [0.1, 0.15) is 23.6 Å². The summed E-state index contributed by atoms with van der Waals surface area (Å²) in [4.78, 5) is 9.74. The van der Waals surface area contributed by atoms with E-state index in [9.17, 15) is 0 Å². The van der Waals surface area contributed by atoms with Gasteiger partial charge in [0.05, 0.1) is 25.4 Å². The van der Waals surface area contributed by atoms with Crippen molar-refractivity contribution in [3.8, 4) is 5.75 Å². The van der Waals surface area contributed by atoms with Crippen LogP contribution in [-0.2, 0) is 6.42 Å². The molecular weight excluding hydrogens is 386 g/mol. The highest BCUT2D eigenvalue weighted by molar-refractivity contribution is 5.94. The summed E-state index contributed by atoms with van der Waals surface area (Å²) in [6.07, 6.45) is 4.46. The second-order valence-corrected chi connectivity index (χ2v) is 8.39. The van der Waals surface area contributed by atoms with Gasteiger partial charge in [-0.05, 0) is 47.8 Å². The van der Waals surface area contributed by atoms with Crippen LogP contribution in [0.15, 0.2) is 65.2 Å². The number of aliphatic imine (C=N–C) groups is 1. The van der Waals surface area contributed by atoms with Gasteiger partial charge in [0.15, 0.2) is 0 Å². The summed E-state index contributed by atoms with van der Waals surface area (Å²) >= 11 is 0. The first-order chi connectivity index (χ1) is 15.3. The Morgan fingerprint density at radius 1 is 1.00 bits per heavy atom. The Balaban J connectivity index is 1.14. The van der Waals surface area contributed by atoms with E-state index in [0.29, 0.717) is 0 Å². The lowest BCUT2D eigenvalue weighted by molar-refractivity contribution is 0.264. The van der Waals surface area contributed by atoms with Crippen LogP contribution in [0.4, 0.5) is 5.69 Å². The molecule has 2 aliphatic heterocycles. The number of methoxy groups -OCH3 is 1. The number of anilines is 1. The minimum atomic E-state index is 0.270. The molecule has 5 rings (SSSR count). The molecule has 0 bridgehead atoms. The van der Waals surface area contributed by atoms with Crippen LogP contribution >= 0.6 is 0 Å². The average Bonchev–Trinajstić information content (AvgIpc) is 2.84. The van der Waals surface area contributed by atoms with E-state index in [4.69, 9.17) is 9.73 Å². The van der Waals surface area contributed by atoms with Gasteiger partial charge in [-0.15, -0.1) is 0 Å². The maximum Gasteiger partial charge on any atom is 0.142 e. The molecule has 2 N–H and O–H groups in total. The van der Waals surface area contributed by atoms with Gasteiger partial charge < -0.3 is 15.1 Å². The standard InChI is InChI=1S/C25H31N5O/c1-31-23-9-5-4-8-22(23)30-16-14-29(15-17-30)13-12-26-24-18-20-11-10-19-6-2-3-7-21(19)25(20)28-27-24/h2-9,18,25,28H,10-17H2,1H3,(H,26,27). The lowest BCUT2D eigenvalue weighted by Gasteiger charge is -2.36. The van der Waals surface area contributed by atoms with Crippen molar-refractivity contribution in [2.75, 3.05) is 51.3 Å². The van der Waals surface area contributed by atoms with Crippen molar-refractivity contribution in [2.24, 2.45) is 4.99 Å². The summed E-state index contributed by atoms with van der Waals surface area (Å²) in [6, 6.07) is 17.3. The van der Waals surface area contributed by atoms with Crippen LogP contribution in [-0.4, -0.2) is 57.1 Å². The minimum Gasteiger partial charge on any atom is -0.495 e. The van der Waals surface area contributed by atoms with E-state index in [1.165, 1.54) is 22.4 Å². The maximum absolute atomic E-state index is 5.52. The molecule has 1 fully saturated rings. The van der Waals surface area contributed by atoms with Crippen molar-refractivity contribution in [3.05, 3.63) is 71.3 Å². The summed E-state index contributed by atoms with van der Waals surface area (Å²) in [5, 5.41) is 0. The van der Waals surface area contributed by atoms with Gasteiger partial charge in [0.2, 0.25) is 0 Å². The average molecular weight is 418 g/mol. The van der Waals surface area contributed by atoms with Crippen molar-refractivity contribution >= 4 is 11.5 Å². The number of ether oxygens (including phenoxy) is 1. The Morgan fingerprint density at radius 3 is 2.68 bits per heavy atom. The molecular formula is C25H31N5O. The summed E-state index contributed by atoms with van der Waals surface area (Å²) in [7, 11) is 1.74. The van der Waals surface area contributed by atoms with Gasteiger partial charge in [-0.2, -0.15) is 0 Å². The molecule has 1 aliphatic carbocycles.